The lowest BCUT2D eigenvalue weighted by Crippen LogP contribution is -2.29. The van der Waals surface area contributed by atoms with Crippen LogP contribution in [0.2, 0.25) is 0 Å². The molecule has 1 aromatic rings. The fourth-order valence-electron chi connectivity index (χ4n) is 2.71. The van der Waals surface area contributed by atoms with Gasteiger partial charge in [0.25, 0.3) is 0 Å². The fraction of sp³-hybridized carbons (Fsp3) is 0.588. The Bertz CT molecular complexity index is 487. The van der Waals surface area contributed by atoms with E-state index in [0.29, 0.717) is 25.5 Å². The van der Waals surface area contributed by atoms with Crippen LogP contribution in [0.25, 0.3) is 0 Å². The third-order valence-electron chi connectivity index (χ3n) is 4.24. The quantitative estimate of drug-likeness (QED) is 0.846. The third-order valence-corrected chi connectivity index (χ3v) is 4.24. The van der Waals surface area contributed by atoms with Gasteiger partial charge in [-0.1, -0.05) is 12.1 Å². The maximum atomic E-state index is 11.8. The Balaban J connectivity index is 1.66. The van der Waals surface area contributed by atoms with Crippen molar-refractivity contribution >= 4 is 5.91 Å². The van der Waals surface area contributed by atoms with Crippen molar-refractivity contribution in [1.82, 2.24) is 5.32 Å². The highest BCUT2D eigenvalue weighted by Gasteiger charge is 2.22. The number of amides is 1. The first-order chi connectivity index (χ1) is 10.1. The van der Waals surface area contributed by atoms with Gasteiger partial charge in [-0.2, -0.15) is 0 Å². The minimum absolute atomic E-state index is 0.0155. The van der Waals surface area contributed by atoms with Crippen molar-refractivity contribution in [3.63, 3.8) is 0 Å². The SMILES string of the molecule is Cc1cccc(OCCC(=O)NCC2CCC(O)C2)c1C. The monoisotopic (exact) mass is 291 g/mol. The molecule has 0 bridgehead atoms. The van der Waals surface area contributed by atoms with Gasteiger partial charge in [0, 0.05) is 6.54 Å². The topological polar surface area (TPSA) is 58.6 Å². The molecule has 2 rings (SSSR count). The number of aryl methyl sites for hydroxylation is 1. The predicted molar refractivity (Wildman–Crippen MR) is 82.4 cm³/mol. The molecule has 116 valence electrons. The molecule has 2 atom stereocenters. The fourth-order valence-corrected chi connectivity index (χ4v) is 2.71. The molecule has 0 aromatic heterocycles. The van der Waals surface area contributed by atoms with E-state index in [4.69, 9.17) is 4.74 Å². The molecule has 0 radical (unpaired) electrons. The van der Waals surface area contributed by atoms with Gasteiger partial charge in [-0.15, -0.1) is 0 Å². The van der Waals surface area contributed by atoms with Crippen LogP contribution in [0.3, 0.4) is 0 Å². The minimum Gasteiger partial charge on any atom is -0.493 e. The second-order valence-corrected chi connectivity index (χ2v) is 5.93. The van der Waals surface area contributed by atoms with Crippen LogP contribution in [0, 0.1) is 19.8 Å². The first-order valence-electron chi connectivity index (χ1n) is 7.70. The van der Waals surface area contributed by atoms with E-state index in [2.05, 4.69) is 5.32 Å². The Morgan fingerprint density at radius 3 is 2.90 bits per heavy atom. The van der Waals surface area contributed by atoms with Gasteiger partial charge >= 0.3 is 0 Å². The average molecular weight is 291 g/mol. The molecule has 4 heteroatoms. The van der Waals surface area contributed by atoms with Crippen LogP contribution >= 0.6 is 0 Å². The normalized spacial score (nSPS) is 21.3. The molecule has 0 spiro atoms. The molecule has 1 amide bonds. The molecule has 2 unspecified atom stereocenters. The Morgan fingerprint density at radius 2 is 2.19 bits per heavy atom. The number of carbonyl (C=O) groups is 1. The molecule has 0 aliphatic heterocycles. The summed E-state index contributed by atoms with van der Waals surface area (Å²) in [4.78, 5) is 11.8. The number of rotatable bonds is 6. The first kappa shape index (κ1) is 15.8. The number of ether oxygens (including phenoxy) is 1. The third kappa shape index (κ3) is 4.74. The Hall–Kier alpha value is -1.55. The largest absolute Gasteiger partial charge is 0.493 e. The Morgan fingerprint density at radius 1 is 1.38 bits per heavy atom. The van der Waals surface area contributed by atoms with E-state index in [-0.39, 0.29) is 12.0 Å². The van der Waals surface area contributed by atoms with Gasteiger partial charge in [-0.25, -0.2) is 0 Å². The summed E-state index contributed by atoms with van der Waals surface area (Å²) in [7, 11) is 0. The Kier molecular flexibility index (Phi) is 5.62. The number of nitrogens with one attached hydrogen (secondary N) is 1. The summed E-state index contributed by atoms with van der Waals surface area (Å²) < 4.78 is 5.68. The molecule has 1 aliphatic carbocycles. The number of hydrogen-bond donors (Lipinski definition) is 2. The molecular formula is C17H25NO3. The maximum absolute atomic E-state index is 11.8. The van der Waals surface area contributed by atoms with Gasteiger partial charge in [-0.3, -0.25) is 4.79 Å². The number of aliphatic hydroxyl groups excluding tert-OH is 1. The molecule has 1 aromatic carbocycles. The lowest BCUT2D eigenvalue weighted by molar-refractivity contribution is -0.121. The Labute approximate surface area is 126 Å². The summed E-state index contributed by atoms with van der Waals surface area (Å²) in [6.07, 6.45) is 2.85. The molecule has 2 N–H and O–H groups in total. The van der Waals surface area contributed by atoms with E-state index in [1.807, 2.05) is 32.0 Å². The van der Waals surface area contributed by atoms with Crippen LogP contribution in [-0.4, -0.2) is 30.3 Å². The molecule has 1 aliphatic rings. The summed E-state index contributed by atoms with van der Waals surface area (Å²) in [5.74, 6) is 1.28. The summed E-state index contributed by atoms with van der Waals surface area (Å²) in [5.41, 5.74) is 2.31. The van der Waals surface area contributed by atoms with Crippen molar-refractivity contribution in [1.29, 1.82) is 0 Å². The lowest BCUT2D eigenvalue weighted by atomic mass is 10.1. The van der Waals surface area contributed by atoms with E-state index in [1.165, 1.54) is 5.56 Å². The van der Waals surface area contributed by atoms with Gasteiger partial charge in [0.2, 0.25) is 5.91 Å². The maximum Gasteiger partial charge on any atom is 0.223 e. The standard InChI is InChI=1S/C17H25NO3/c1-12-4-3-5-16(13(12)2)21-9-8-17(20)18-11-14-6-7-15(19)10-14/h3-5,14-15,19H,6-11H2,1-2H3,(H,18,20). The minimum atomic E-state index is -0.181. The molecule has 21 heavy (non-hydrogen) atoms. The molecular weight excluding hydrogens is 266 g/mol. The highest BCUT2D eigenvalue weighted by Crippen LogP contribution is 2.24. The lowest BCUT2D eigenvalue weighted by Gasteiger charge is -2.12. The molecule has 1 saturated carbocycles. The molecule has 4 nitrogen and oxygen atoms in total. The van der Waals surface area contributed by atoms with Crippen molar-refractivity contribution in [2.24, 2.45) is 5.92 Å². The van der Waals surface area contributed by atoms with E-state index in [1.54, 1.807) is 0 Å². The van der Waals surface area contributed by atoms with Crippen molar-refractivity contribution in [2.45, 2.75) is 45.6 Å². The van der Waals surface area contributed by atoms with Gasteiger partial charge in [0.1, 0.15) is 5.75 Å². The van der Waals surface area contributed by atoms with Gasteiger partial charge in [0.05, 0.1) is 19.1 Å². The van der Waals surface area contributed by atoms with Gasteiger partial charge in [-0.05, 0) is 56.2 Å². The van der Waals surface area contributed by atoms with Crippen molar-refractivity contribution in [2.75, 3.05) is 13.2 Å². The average Bonchev–Trinajstić information content (AvgIpc) is 2.87. The van der Waals surface area contributed by atoms with Gasteiger partial charge in [0.15, 0.2) is 0 Å². The number of hydrogen-bond acceptors (Lipinski definition) is 3. The highest BCUT2D eigenvalue weighted by molar-refractivity contribution is 5.76. The molecule has 0 heterocycles. The van der Waals surface area contributed by atoms with Crippen molar-refractivity contribution < 1.29 is 14.6 Å². The zero-order valence-electron chi connectivity index (χ0n) is 12.9. The van der Waals surface area contributed by atoms with Crippen LogP contribution in [0.5, 0.6) is 5.75 Å². The summed E-state index contributed by atoms with van der Waals surface area (Å²) in [6.45, 7) is 5.13. The van der Waals surface area contributed by atoms with Crippen LogP contribution in [0.1, 0.15) is 36.8 Å². The van der Waals surface area contributed by atoms with Crippen LogP contribution in [0.15, 0.2) is 18.2 Å². The van der Waals surface area contributed by atoms with Crippen LogP contribution < -0.4 is 10.1 Å². The van der Waals surface area contributed by atoms with E-state index >= 15 is 0 Å². The van der Waals surface area contributed by atoms with Crippen LogP contribution in [-0.2, 0) is 4.79 Å². The number of aliphatic hydroxyl groups is 1. The van der Waals surface area contributed by atoms with E-state index in [0.717, 1.165) is 30.6 Å². The first-order valence-corrected chi connectivity index (χ1v) is 7.70. The second-order valence-electron chi connectivity index (χ2n) is 5.93. The predicted octanol–water partition coefficient (Wildman–Crippen LogP) is 2.35. The molecule has 1 fully saturated rings. The molecule has 0 saturated heterocycles. The zero-order valence-corrected chi connectivity index (χ0v) is 12.9. The van der Waals surface area contributed by atoms with Crippen LogP contribution in [0.4, 0.5) is 0 Å². The number of benzene rings is 1. The summed E-state index contributed by atoms with van der Waals surface area (Å²) in [5, 5.41) is 12.4. The van der Waals surface area contributed by atoms with E-state index in [9.17, 15) is 9.90 Å². The smallest absolute Gasteiger partial charge is 0.223 e. The second kappa shape index (κ2) is 7.46. The zero-order chi connectivity index (χ0) is 15.2. The summed E-state index contributed by atoms with van der Waals surface area (Å²) in [6, 6.07) is 5.94. The van der Waals surface area contributed by atoms with Crippen molar-refractivity contribution in [3.05, 3.63) is 29.3 Å². The number of carbonyl (C=O) groups excluding carboxylic acids is 1. The van der Waals surface area contributed by atoms with Crippen molar-refractivity contribution in [3.8, 4) is 5.75 Å². The highest BCUT2D eigenvalue weighted by atomic mass is 16.5. The van der Waals surface area contributed by atoms with Gasteiger partial charge < -0.3 is 15.2 Å². The summed E-state index contributed by atoms with van der Waals surface area (Å²) >= 11 is 0. The van der Waals surface area contributed by atoms with E-state index < -0.39 is 0 Å².